The number of thioether (sulfide) groups is 1. The van der Waals surface area contributed by atoms with E-state index >= 15 is 0 Å². The number of aryl methyl sites for hydroxylation is 1. The first-order valence-corrected chi connectivity index (χ1v) is 8.22. The fourth-order valence-electron chi connectivity index (χ4n) is 2.71. The molecule has 6 nitrogen and oxygen atoms in total. The van der Waals surface area contributed by atoms with Crippen molar-refractivity contribution in [1.82, 2.24) is 0 Å². The molecule has 0 radical (unpaired) electrons. The Balaban J connectivity index is 1.83. The van der Waals surface area contributed by atoms with E-state index in [1.807, 2.05) is 17.8 Å². The number of carbonyl (C=O) groups excluding carboxylic acids is 1. The number of hydrogen-bond acceptors (Lipinski definition) is 5. The van der Waals surface area contributed by atoms with Crippen molar-refractivity contribution in [3.63, 3.8) is 0 Å². The van der Waals surface area contributed by atoms with Crippen molar-refractivity contribution in [1.29, 1.82) is 0 Å². The van der Waals surface area contributed by atoms with Crippen LogP contribution < -0.4 is 10.6 Å². The predicted molar refractivity (Wildman–Crippen MR) is 84.0 cm³/mol. The molecule has 1 fully saturated rings. The van der Waals surface area contributed by atoms with Gasteiger partial charge in [0, 0.05) is 19.0 Å². The van der Waals surface area contributed by atoms with Crippen LogP contribution in [-0.2, 0) is 11.2 Å². The summed E-state index contributed by atoms with van der Waals surface area (Å²) in [5.74, 6) is 2.78. The van der Waals surface area contributed by atoms with Crippen molar-refractivity contribution < 1.29 is 9.72 Å². The Morgan fingerprint density at radius 3 is 3.00 bits per heavy atom. The van der Waals surface area contributed by atoms with Gasteiger partial charge in [0.25, 0.3) is 5.69 Å². The molecule has 0 bridgehead atoms. The van der Waals surface area contributed by atoms with E-state index in [9.17, 15) is 14.9 Å². The molecule has 2 aliphatic heterocycles. The van der Waals surface area contributed by atoms with Gasteiger partial charge < -0.3 is 10.6 Å². The van der Waals surface area contributed by atoms with Crippen LogP contribution in [0.5, 0.6) is 0 Å². The van der Waals surface area contributed by atoms with E-state index in [0.717, 1.165) is 24.3 Å². The van der Waals surface area contributed by atoms with Crippen LogP contribution >= 0.6 is 11.8 Å². The van der Waals surface area contributed by atoms with Gasteiger partial charge in [-0.1, -0.05) is 0 Å². The maximum atomic E-state index is 11.4. The van der Waals surface area contributed by atoms with Crippen LogP contribution in [0.15, 0.2) is 12.1 Å². The summed E-state index contributed by atoms with van der Waals surface area (Å²) < 4.78 is 0. The summed E-state index contributed by atoms with van der Waals surface area (Å²) in [7, 11) is 0. The molecule has 112 valence electrons. The average molecular weight is 307 g/mol. The fourth-order valence-corrected chi connectivity index (χ4v) is 3.99. The van der Waals surface area contributed by atoms with Crippen molar-refractivity contribution in [2.24, 2.45) is 5.92 Å². The Labute approximate surface area is 126 Å². The lowest BCUT2D eigenvalue weighted by Gasteiger charge is -2.19. The van der Waals surface area contributed by atoms with E-state index in [-0.39, 0.29) is 11.6 Å². The number of nitro benzene ring substituents is 1. The van der Waals surface area contributed by atoms with Gasteiger partial charge in [-0.25, -0.2) is 0 Å². The van der Waals surface area contributed by atoms with Crippen LogP contribution in [0.2, 0.25) is 0 Å². The minimum atomic E-state index is -0.396. The number of anilines is 2. The molecule has 0 aliphatic carbocycles. The molecule has 21 heavy (non-hydrogen) atoms. The summed E-state index contributed by atoms with van der Waals surface area (Å²) in [6.45, 7) is 0.763. The Hall–Kier alpha value is -1.76. The van der Waals surface area contributed by atoms with E-state index < -0.39 is 4.92 Å². The molecule has 1 atom stereocenters. The lowest BCUT2D eigenvalue weighted by molar-refractivity contribution is -0.383. The number of nitrogens with one attached hydrogen (secondary N) is 2. The molecular weight excluding hydrogens is 290 g/mol. The van der Waals surface area contributed by atoms with Crippen molar-refractivity contribution in [2.45, 2.75) is 19.3 Å². The second-order valence-corrected chi connectivity index (χ2v) is 6.59. The Kier molecular flexibility index (Phi) is 4.01. The summed E-state index contributed by atoms with van der Waals surface area (Å²) in [5, 5.41) is 17.2. The normalized spacial score (nSPS) is 20.8. The highest BCUT2D eigenvalue weighted by Crippen LogP contribution is 2.34. The smallest absolute Gasteiger partial charge is 0.294 e. The SMILES string of the molecule is O=C1CCc2cc(NCC3CCSC3)c([N+](=O)[O-])cc2N1. The van der Waals surface area contributed by atoms with Gasteiger partial charge in [-0.3, -0.25) is 14.9 Å². The summed E-state index contributed by atoms with van der Waals surface area (Å²) in [6.07, 6.45) is 2.23. The zero-order chi connectivity index (χ0) is 14.8. The molecule has 0 spiro atoms. The van der Waals surface area contributed by atoms with Crippen molar-refractivity contribution >= 4 is 34.7 Å². The van der Waals surface area contributed by atoms with Gasteiger partial charge in [0.05, 0.1) is 10.6 Å². The number of nitro groups is 1. The maximum Gasteiger partial charge on any atom is 0.294 e. The van der Waals surface area contributed by atoms with Gasteiger partial charge in [-0.15, -0.1) is 0 Å². The number of rotatable bonds is 4. The van der Waals surface area contributed by atoms with Gasteiger partial charge >= 0.3 is 0 Å². The Morgan fingerprint density at radius 1 is 1.43 bits per heavy atom. The van der Waals surface area contributed by atoms with Gasteiger partial charge in [-0.05, 0) is 41.9 Å². The third-order valence-electron chi connectivity index (χ3n) is 3.92. The average Bonchev–Trinajstić information content (AvgIpc) is 2.97. The van der Waals surface area contributed by atoms with E-state index in [4.69, 9.17) is 0 Å². The molecule has 1 saturated heterocycles. The standard InChI is InChI=1S/C14H17N3O3S/c18-14-2-1-10-5-12(15-7-9-3-4-21-8-9)13(17(19)20)6-11(10)16-14/h5-6,9,15H,1-4,7-8H2,(H,16,18). The van der Waals surface area contributed by atoms with Crippen molar-refractivity contribution in [3.8, 4) is 0 Å². The summed E-state index contributed by atoms with van der Waals surface area (Å²) in [6, 6.07) is 3.28. The number of benzene rings is 1. The molecule has 2 aliphatic rings. The highest BCUT2D eigenvalue weighted by molar-refractivity contribution is 7.99. The Morgan fingerprint density at radius 2 is 2.29 bits per heavy atom. The number of carbonyl (C=O) groups is 1. The molecule has 2 heterocycles. The molecule has 1 aromatic rings. The largest absolute Gasteiger partial charge is 0.379 e. The molecule has 0 saturated carbocycles. The monoisotopic (exact) mass is 307 g/mol. The molecule has 7 heteroatoms. The number of fused-ring (bicyclic) bond motifs is 1. The second kappa shape index (κ2) is 5.93. The zero-order valence-corrected chi connectivity index (χ0v) is 12.4. The van der Waals surface area contributed by atoms with Gasteiger partial charge in [-0.2, -0.15) is 11.8 Å². The van der Waals surface area contributed by atoms with Gasteiger partial charge in [0.1, 0.15) is 5.69 Å². The number of hydrogen-bond donors (Lipinski definition) is 2. The third-order valence-corrected chi connectivity index (χ3v) is 5.15. The quantitative estimate of drug-likeness (QED) is 0.660. The molecule has 1 unspecified atom stereocenters. The topological polar surface area (TPSA) is 84.3 Å². The summed E-state index contributed by atoms with van der Waals surface area (Å²) in [5.41, 5.74) is 2.12. The lowest BCUT2D eigenvalue weighted by atomic mass is 10.0. The van der Waals surface area contributed by atoms with Crippen LogP contribution in [0, 0.1) is 16.0 Å². The van der Waals surface area contributed by atoms with E-state index in [1.54, 1.807) is 0 Å². The zero-order valence-electron chi connectivity index (χ0n) is 11.6. The van der Waals surface area contributed by atoms with Crippen LogP contribution in [0.1, 0.15) is 18.4 Å². The van der Waals surface area contributed by atoms with Crippen LogP contribution in [-0.4, -0.2) is 28.9 Å². The Bertz CT molecular complexity index is 585. The van der Waals surface area contributed by atoms with Crippen LogP contribution in [0.25, 0.3) is 0 Å². The van der Waals surface area contributed by atoms with E-state index in [0.29, 0.717) is 30.1 Å². The first-order valence-electron chi connectivity index (χ1n) is 7.06. The van der Waals surface area contributed by atoms with Crippen molar-refractivity contribution in [2.75, 3.05) is 28.7 Å². The minimum Gasteiger partial charge on any atom is -0.379 e. The van der Waals surface area contributed by atoms with E-state index in [2.05, 4.69) is 10.6 Å². The number of amides is 1. The highest BCUT2D eigenvalue weighted by Gasteiger charge is 2.23. The first kappa shape index (κ1) is 14.2. The van der Waals surface area contributed by atoms with Gasteiger partial charge in [0.15, 0.2) is 0 Å². The second-order valence-electron chi connectivity index (χ2n) is 5.44. The van der Waals surface area contributed by atoms with Crippen molar-refractivity contribution in [3.05, 3.63) is 27.8 Å². The molecular formula is C14H17N3O3S. The molecule has 1 amide bonds. The highest BCUT2D eigenvalue weighted by atomic mass is 32.2. The van der Waals surface area contributed by atoms with E-state index in [1.165, 1.54) is 11.8 Å². The minimum absolute atomic E-state index is 0.0293. The van der Waals surface area contributed by atoms with Gasteiger partial charge in [0.2, 0.25) is 5.91 Å². The number of nitrogens with zero attached hydrogens (tertiary/aromatic N) is 1. The molecule has 1 aromatic carbocycles. The third kappa shape index (κ3) is 3.12. The van der Waals surface area contributed by atoms with Crippen LogP contribution in [0.3, 0.4) is 0 Å². The first-order chi connectivity index (χ1) is 10.1. The lowest BCUT2D eigenvalue weighted by Crippen LogP contribution is -2.20. The molecule has 3 rings (SSSR count). The predicted octanol–water partition coefficient (Wildman–Crippen LogP) is 2.64. The summed E-state index contributed by atoms with van der Waals surface area (Å²) in [4.78, 5) is 22.2. The molecule has 2 N–H and O–H groups in total. The maximum absolute atomic E-state index is 11.4. The fraction of sp³-hybridized carbons (Fsp3) is 0.500. The summed E-state index contributed by atoms with van der Waals surface area (Å²) >= 11 is 1.93. The molecule has 0 aromatic heterocycles. The van der Waals surface area contributed by atoms with Crippen LogP contribution in [0.4, 0.5) is 17.1 Å².